The number of anilines is 2. The lowest BCUT2D eigenvalue weighted by Crippen LogP contribution is -2.39. The van der Waals surface area contributed by atoms with Crippen molar-refractivity contribution in [3.63, 3.8) is 0 Å². The van der Waals surface area contributed by atoms with Crippen molar-refractivity contribution in [2.45, 2.75) is 19.9 Å². The van der Waals surface area contributed by atoms with Crippen LogP contribution in [0.4, 0.5) is 11.4 Å². The van der Waals surface area contributed by atoms with Gasteiger partial charge in [0, 0.05) is 6.92 Å². The molecule has 0 saturated carbocycles. The molecule has 2 heterocycles. The van der Waals surface area contributed by atoms with Crippen molar-refractivity contribution in [1.82, 2.24) is 0 Å². The van der Waals surface area contributed by atoms with Gasteiger partial charge in [-0.3, -0.25) is 19.4 Å². The monoisotopic (exact) mass is 381 g/mol. The third-order valence-corrected chi connectivity index (χ3v) is 5.12. The fourth-order valence-electron chi connectivity index (χ4n) is 3.49. The van der Waals surface area contributed by atoms with Crippen LogP contribution in [0.5, 0.6) is 0 Å². The molecule has 2 atom stereocenters. The molecule has 27 heavy (non-hydrogen) atoms. The fraction of sp³-hybridized carbons (Fsp3) is 0.200. The highest BCUT2D eigenvalue weighted by Gasteiger charge is 2.58. The minimum Gasteiger partial charge on any atom is -0.293 e. The number of hydrazone groups is 1. The van der Waals surface area contributed by atoms with E-state index in [1.165, 1.54) is 11.9 Å². The number of imide groups is 1. The Hall–Kier alpha value is -2.99. The Kier molecular flexibility index (Phi) is 4.08. The molecule has 6 nitrogen and oxygen atoms in total. The van der Waals surface area contributed by atoms with Crippen molar-refractivity contribution in [3.05, 3.63) is 59.1 Å². The lowest BCUT2D eigenvalue weighted by atomic mass is 9.95. The van der Waals surface area contributed by atoms with Crippen molar-refractivity contribution in [2.75, 3.05) is 9.91 Å². The molecule has 4 rings (SSSR count). The van der Waals surface area contributed by atoms with Crippen LogP contribution in [0.3, 0.4) is 0 Å². The van der Waals surface area contributed by atoms with Gasteiger partial charge in [0.2, 0.25) is 5.91 Å². The van der Waals surface area contributed by atoms with Crippen LogP contribution in [0, 0.1) is 12.8 Å². The number of hydrogen-bond donors (Lipinski definition) is 0. The van der Waals surface area contributed by atoms with Gasteiger partial charge < -0.3 is 0 Å². The van der Waals surface area contributed by atoms with Crippen LogP contribution in [0.25, 0.3) is 0 Å². The van der Waals surface area contributed by atoms with Crippen molar-refractivity contribution in [1.29, 1.82) is 0 Å². The molecule has 1 fully saturated rings. The number of hydrogen-bond acceptors (Lipinski definition) is 5. The SMILES string of the molecule is CC(=O)C1=NN(c2ccc(C)cc2)[C@H]2C(=O)N(c3ccccc3Cl)C(=O)[C@H]12. The zero-order valence-electron chi connectivity index (χ0n) is 14.7. The smallest absolute Gasteiger partial charge is 0.259 e. The standard InChI is InChI=1S/C20H16ClN3O3/c1-11-7-9-13(10-8-11)24-18-16(17(22-24)12(2)25)19(26)23(20(18)27)15-6-4-3-5-14(15)21/h3-10,16,18H,1-2H3/t16-,18-/m1/s1. The molecule has 2 amide bonds. The van der Waals surface area contributed by atoms with Gasteiger partial charge in [-0.15, -0.1) is 0 Å². The number of para-hydroxylation sites is 1. The average molecular weight is 382 g/mol. The number of nitrogens with zero attached hydrogens (tertiary/aromatic N) is 3. The number of carbonyl (C=O) groups is 3. The predicted octanol–water partition coefficient (Wildman–Crippen LogP) is 2.97. The Morgan fingerprint density at radius 3 is 2.33 bits per heavy atom. The molecule has 0 N–H and O–H groups in total. The summed E-state index contributed by atoms with van der Waals surface area (Å²) >= 11 is 6.20. The Bertz CT molecular complexity index is 1000. The van der Waals surface area contributed by atoms with Gasteiger partial charge in [0.25, 0.3) is 5.91 Å². The molecule has 2 aromatic rings. The molecule has 7 heteroatoms. The van der Waals surface area contributed by atoms with Gasteiger partial charge in [-0.05, 0) is 31.2 Å². The van der Waals surface area contributed by atoms with E-state index in [9.17, 15) is 14.4 Å². The second-order valence-electron chi connectivity index (χ2n) is 6.61. The van der Waals surface area contributed by atoms with E-state index in [1.54, 1.807) is 24.3 Å². The highest BCUT2D eigenvalue weighted by molar-refractivity contribution is 6.49. The Balaban J connectivity index is 1.82. The van der Waals surface area contributed by atoms with Crippen molar-refractivity contribution in [3.8, 4) is 0 Å². The zero-order valence-corrected chi connectivity index (χ0v) is 15.5. The van der Waals surface area contributed by atoms with Crippen LogP contribution in [-0.2, 0) is 14.4 Å². The molecule has 0 spiro atoms. The van der Waals surface area contributed by atoms with Crippen LogP contribution >= 0.6 is 11.6 Å². The first-order valence-corrected chi connectivity index (χ1v) is 8.85. The first kappa shape index (κ1) is 17.4. The molecule has 0 aromatic heterocycles. The summed E-state index contributed by atoms with van der Waals surface area (Å²) in [6.07, 6.45) is 0. The molecule has 0 unspecified atom stereocenters. The molecular formula is C20H16ClN3O3. The quantitative estimate of drug-likeness (QED) is 0.766. The maximum atomic E-state index is 13.2. The number of carbonyl (C=O) groups excluding carboxylic acids is 3. The van der Waals surface area contributed by atoms with E-state index in [0.29, 0.717) is 16.4 Å². The first-order valence-electron chi connectivity index (χ1n) is 8.48. The second kappa shape index (κ2) is 6.32. The van der Waals surface area contributed by atoms with E-state index in [0.717, 1.165) is 10.5 Å². The number of halogens is 1. The van der Waals surface area contributed by atoms with Crippen molar-refractivity contribution in [2.24, 2.45) is 11.0 Å². The van der Waals surface area contributed by atoms with Gasteiger partial charge in [0.1, 0.15) is 17.7 Å². The van der Waals surface area contributed by atoms with E-state index < -0.39 is 23.8 Å². The van der Waals surface area contributed by atoms with Crippen LogP contribution in [0.1, 0.15) is 12.5 Å². The van der Waals surface area contributed by atoms with Crippen LogP contribution in [0.2, 0.25) is 5.02 Å². The summed E-state index contributed by atoms with van der Waals surface area (Å²) in [5, 5.41) is 6.09. The third-order valence-electron chi connectivity index (χ3n) is 4.80. The molecule has 0 aliphatic carbocycles. The number of fused-ring (bicyclic) bond motifs is 1. The Labute approximate surface area is 161 Å². The summed E-state index contributed by atoms with van der Waals surface area (Å²) in [5.74, 6) is -2.20. The first-order chi connectivity index (χ1) is 12.9. The van der Waals surface area contributed by atoms with Gasteiger partial charge >= 0.3 is 0 Å². The molecule has 0 bridgehead atoms. The summed E-state index contributed by atoms with van der Waals surface area (Å²) in [6.45, 7) is 3.30. The number of ketones is 1. The van der Waals surface area contributed by atoms with Gasteiger partial charge in [-0.25, -0.2) is 4.90 Å². The molecule has 1 saturated heterocycles. The number of benzene rings is 2. The molecule has 2 aliphatic heterocycles. The normalized spacial score (nSPS) is 21.5. The summed E-state index contributed by atoms with van der Waals surface area (Å²) in [5.41, 5.74) is 2.11. The lowest BCUT2D eigenvalue weighted by molar-refractivity contribution is -0.122. The zero-order chi connectivity index (χ0) is 19.3. The van der Waals surface area contributed by atoms with Gasteiger partial charge in [0.15, 0.2) is 5.78 Å². The van der Waals surface area contributed by atoms with Gasteiger partial charge in [0.05, 0.1) is 16.4 Å². The van der Waals surface area contributed by atoms with Gasteiger partial charge in [-0.2, -0.15) is 5.10 Å². The van der Waals surface area contributed by atoms with E-state index >= 15 is 0 Å². The molecule has 136 valence electrons. The summed E-state index contributed by atoms with van der Waals surface area (Å²) in [6, 6.07) is 13.2. The fourth-order valence-corrected chi connectivity index (χ4v) is 3.71. The van der Waals surface area contributed by atoms with Gasteiger partial charge in [-0.1, -0.05) is 41.4 Å². The van der Waals surface area contributed by atoms with E-state index in [1.807, 2.05) is 31.2 Å². The van der Waals surface area contributed by atoms with E-state index in [4.69, 9.17) is 11.6 Å². The molecule has 0 radical (unpaired) electrons. The van der Waals surface area contributed by atoms with Crippen LogP contribution < -0.4 is 9.91 Å². The third kappa shape index (κ3) is 2.64. The summed E-state index contributed by atoms with van der Waals surface area (Å²) < 4.78 is 0. The van der Waals surface area contributed by atoms with E-state index in [2.05, 4.69) is 5.10 Å². The molecule has 2 aromatic carbocycles. The maximum absolute atomic E-state index is 13.2. The largest absolute Gasteiger partial charge is 0.293 e. The van der Waals surface area contributed by atoms with Crippen molar-refractivity contribution >= 4 is 46.3 Å². The van der Waals surface area contributed by atoms with E-state index in [-0.39, 0.29) is 11.5 Å². The Morgan fingerprint density at radius 2 is 1.70 bits per heavy atom. The second-order valence-corrected chi connectivity index (χ2v) is 7.01. The maximum Gasteiger partial charge on any atom is 0.259 e. The highest BCUT2D eigenvalue weighted by Crippen LogP contribution is 2.39. The predicted molar refractivity (Wildman–Crippen MR) is 103 cm³/mol. The average Bonchev–Trinajstić information content (AvgIpc) is 3.15. The summed E-state index contributed by atoms with van der Waals surface area (Å²) in [7, 11) is 0. The van der Waals surface area contributed by atoms with Crippen LogP contribution in [-0.4, -0.2) is 29.4 Å². The van der Waals surface area contributed by atoms with Crippen LogP contribution in [0.15, 0.2) is 53.6 Å². The number of amides is 2. The lowest BCUT2D eigenvalue weighted by Gasteiger charge is -2.22. The molecule has 2 aliphatic rings. The minimum absolute atomic E-state index is 0.0912. The van der Waals surface area contributed by atoms with Crippen molar-refractivity contribution < 1.29 is 14.4 Å². The Morgan fingerprint density at radius 1 is 1.04 bits per heavy atom. The number of Topliss-reactive ketones (excluding diaryl/α,β-unsaturated/α-hetero) is 1. The topological polar surface area (TPSA) is 70.1 Å². The minimum atomic E-state index is -0.937. The number of rotatable bonds is 3. The number of aryl methyl sites for hydroxylation is 1. The highest BCUT2D eigenvalue weighted by atomic mass is 35.5. The summed E-state index contributed by atoms with van der Waals surface area (Å²) in [4.78, 5) is 39.5. The molecular weight excluding hydrogens is 366 g/mol.